The molecule has 2 N–H and O–H groups in total. The number of hydrogen-bond donors (Lipinski definition) is 1. The van der Waals surface area contributed by atoms with Gasteiger partial charge in [0, 0.05) is 39.9 Å². The monoisotopic (exact) mass is 265 g/mol. The lowest BCUT2D eigenvalue weighted by Crippen LogP contribution is -2.33. The number of benzene rings is 1. The Kier molecular flexibility index (Phi) is 5.63. The lowest BCUT2D eigenvalue weighted by molar-refractivity contribution is 0.0706. The Morgan fingerprint density at radius 2 is 2.05 bits per heavy atom. The van der Waals surface area contributed by atoms with E-state index < -0.39 is 0 Å². The molecule has 0 aromatic heterocycles. The first-order valence-corrected chi connectivity index (χ1v) is 6.36. The number of anilines is 2. The number of carbonyl (C=O) groups excluding carboxylic acids is 1. The van der Waals surface area contributed by atoms with Gasteiger partial charge in [-0.2, -0.15) is 0 Å². The van der Waals surface area contributed by atoms with Gasteiger partial charge in [-0.3, -0.25) is 4.79 Å². The summed E-state index contributed by atoms with van der Waals surface area (Å²) in [4.78, 5) is 16.0. The van der Waals surface area contributed by atoms with Crippen LogP contribution in [-0.2, 0) is 4.74 Å². The lowest BCUT2D eigenvalue weighted by Gasteiger charge is -2.21. The fourth-order valence-corrected chi connectivity index (χ4v) is 1.88. The number of likely N-dealkylation sites (N-methyl/N-ethyl adjacent to an activating group) is 1. The second-order valence-corrected chi connectivity index (χ2v) is 4.55. The third-order valence-corrected chi connectivity index (χ3v) is 2.99. The summed E-state index contributed by atoms with van der Waals surface area (Å²) in [6.45, 7) is 3.72. The van der Waals surface area contributed by atoms with E-state index in [1.165, 1.54) is 0 Å². The molecule has 0 bridgehead atoms. The fraction of sp³-hybridized carbons (Fsp3) is 0.500. The number of methoxy groups -OCH3 is 1. The van der Waals surface area contributed by atoms with E-state index in [0.29, 0.717) is 30.9 Å². The van der Waals surface area contributed by atoms with Gasteiger partial charge in [0.05, 0.1) is 18.0 Å². The molecule has 0 radical (unpaired) electrons. The van der Waals surface area contributed by atoms with Crippen LogP contribution in [-0.4, -0.2) is 51.7 Å². The average molecular weight is 265 g/mol. The van der Waals surface area contributed by atoms with Crippen LogP contribution in [0.5, 0.6) is 0 Å². The van der Waals surface area contributed by atoms with Crippen molar-refractivity contribution in [2.45, 2.75) is 6.92 Å². The topological polar surface area (TPSA) is 58.8 Å². The molecule has 1 aromatic rings. The van der Waals surface area contributed by atoms with Gasteiger partial charge in [-0.15, -0.1) is 0 Å². The molecule has 5 nitrogen and oxygen atoms in total. The predicted octanol–water partition coefficient (Wildman–Crippen LogP) is 1.44. The predicted molar refractivity (Wildman–Crippen MR) is 78.6 cm³/mol. The van der Waals surface area contributed by atoms with E-state index in [-0.39, 0.29) is 5.91 Å². The Balaban J connectivity index is 2.90. The molecule has 1 aromatic carbocycles. The summed E-state index contributed by atoms with van der Waals surface area (Å²) in [6.07, 6.45) is 0. The van der Waals surface area contributed by atoms with Gasteiger partial charge in [-0.1, -0.05) is 0 Å². The van der Waals surface area contributed by atoms with Crippen molar-refractivity contribution in [2.75, 3.05) is 51.5 Å². The van der Waals surface area contributed by atoms with Crippen LogP contribution in [0.2, 0.25) is 0 Å². The Morgan fingerprint density at radius 3 is 2.53 bits per heavy atom. The van der Waals surface area contributed by atoms with Crippen LogP contribution in [0.4, 0.5) is 11.4 Å². The Bertz CT molecular complexity index is 433. The van der Waals surface area contributed by atoms with Crippen molar-refractivity contribution in [1.82, 2.24) is 4.90 Å². The molecule has 0 saturated heterocycles. The van der Waals surface area contributed by atoms with Crippen molar-refractivity contribution in [3.05, 3.63) is 23.8 Å². The Morgan fingerprint density at radius 1 is 1.37 bits per heavy atom. The highest BCUT2D eigenvalue weighted by Crippen LogP contribution is 2.23. The fourth-order valence-electron chi connectivity index (χ4n) is 1.88. The largest absolute Gasteiger partial charge is 0.397 e. The van der Waals surface area contributed by atoms with Crippen LogP contribution in [0, 0.1) is 0 Å². The van der Waals surface area contributed by atoms with Gasteiger partial charge in [-0.25, -0.2) is 0 Å². The highest BCUT2D eigenvalue weighted by atomic mass is 16.5. The molecular formula is C14H23N3O2. The van der Waals surface area contributed by atoms with E-state index >= 15 is 0 Å². The molecule has 1 rings (SSSR count). The SMILES string of the molecule is CCN(CCOC)C(=O)c1ccc(N(C)C)c(N)c1. The molecule has 0 saturated carbocycles. The van der Waals surface area contributed by atoms with E-state index in [1.807, 2.05) is 38.1 Å². The van der Waals surface area contributed by atoms with E-state index in [1.54, 1.807) is 18.1 Å². The first-order chi connectivity index (χ1) is 9.01. The zero-order valence-corrected chi connectivity index (χ0v) is 12.1. The van der Waals surface area contributed by atoms with E-state index in [9.17, 15) is 4.79 Å². The molecule has 0 aliphatic carbocycles. The van der Waals surface area contributed by atoms with Gasteiger partial charge < -0.3 is 20.3 Å². The summed E-state index contributed by atoms with van der Waals surface area (Å²) in [5, 5.41) is 0. The van der Waals surface area contributed by atoms with Gasteiger partial charge in [0.2, 0.25) is 0 Å². The highest BCUT2D eigenvalue weighted by molar-refractivity contribution is 5.96. The maximum absolute atomic E-state index is 12.3. The van der Waals surface area contributed by atoms with Crippen molar-refractivity contribution in [3.63, 3.8) is 0 Å². The van der Waals surface area contributed by atoms with Gasteiger partial charge >= 0.3 is 0 Å². The van der Waals surface area contributed by atoms with Gasteiger partial charge in [0.15, 0.2) is 0 Å². The van der Waals surface area contributed by atoms with Crippen molar-refractivity contribution >= 4 is 17.3 Å². The van der Waals surface area contributed by atoms with Gasteiger partial charge in [0.1, 0.15) is 0 Å². The zero-order chi connectivity index (χ0) is 14.4. The van der Waals surface area contributed by atoms with E-state index in [0.717, 1.165) is 5.69 Å². The minimum Gasteiger partial charge on any atom is -0.397 e. The van der Waals surface area contributed by atoms with Gasteiger partial charge in [-0.05, 0) is 25.1 Å². The molecule has 0 unspecified atom stereocenters. The van der Waals surface area contributed by atoms with Gasteiger partial charge in [0.25, 0.3) is 5.91 Å². The van der Waals surface area contributed by atoms with Crippen LogP contribution in [0.15, 0.2) is 18.2 Å². The zero-order valence-electron chi connectivity index (χ0n) is 12.1. The number of carbonyl (C=O) groups is 1. The molecular weight excluding hydrogens is 242 g/mol. The molecule has 0 atom stereocenters. The van der Waals surface area contributed by atoms with Crippen molar-refractivity contribution in [1.29, 1.82) is 0 Å². The average Bonchev–Trinajstić information content (AvgIpc) is 2.38. The highest BCUT2D eigenvalue weighted by Gasteiger charge is 2.15. The first kappa shape index (κ1) is 15.3. The first-order valence-electron chi connectivity index (χ1n) is 6.36. The lowest BCUT2D eigenvalue weighted by atomic mass is 10.1. The molecule has 0 aliphatic heterocycles. The Labute approximate surface area is 114 Å². The molecule has 106 valence electrons. The maximum Gasteiger partial charge on any atom is 0.253 e. The number of amides is 1. The van der Waals surface area contributed by atoms with Crippen molar-refractivity contribution < 1.29 is 9.53 Å². The quantitative estimate of drug-likeness (QED) is 0.791. The molecule has 0 spiro atoms. The van der Waals surface area contributed by atoms with Crippen LogP contribution in [0.3, 0.4) is 0 Å². The summed E-state index contributed by atoms with van der Waals surface area (Å²) in [7, 11) is 5.47. The summed E-state index contributed by atoms with van der Waals surface area (Å²) in [6, 6.07) is 5.41. The maximum atomic E-state index is 12.3. The molecule has 0 fully saturated rings. The second-order valence-electron chi connectivity index (χ2n) is 4.55. The van der Waals surface area contributed by atoms with Crippen LogP contribution in [0.25, 0.3) is 0 Å². The molecule has 0 heterocycles. The van der Waals surface area contributed by atoms with Crippen molar-refractivity contribution in [2.24, 2.45) is 0 Å². The molecule has 5 heteroatoms. The number of hydrogen-bond acceptors (Lipinski definition) is 4. The van der Waals surface area contributed by atoms with Crippen molar-refractivity contribution in [3.8, 4) is 0 Å². The van der Waals surface area contributed by atoms with Crippen LogP contribution < -0.4 is 10.6 Å². The minimum atomic E-state index is -0.0171. The molecule has 1 amide bonds. The Hall–Kier alpha value is -1.75. The summed E-state index contributed by atoms with van der Waals surface area (Å²) in [5.41, 5.74) is 8.10. The normalized spacial score (nSPS) is 10.3. The standard InChI is InChI=1S/C14H23N3O2/c1-5-17(8-9-19-4)14(18)11-6-7-13(16(2)3)12(15)10-11/h6-7,10H,5,8-9,15H2,1-4H3. The smallest absolute Gasteiger partial charge is 0.253 e. The number of nitrogen functional groups attached to an aromatic ring is 1. The summed E-state index contributed by atoms with van der Waals surface area (Å²) in [5.74, 6) is -0.0171. The number of nitrogens with zero attached hydrogens (tertiary/aromatic N) is 2. The van der Waals surface area contributed by atoms with Crippen LogP contribution >= 0.6 is 0 Å². The number of ether oxygens (including phenoxy) is 1. The third-order valence-electron chi connectivity index (χ3n) is 2.99. The number of nitrogens with two attached hydrogens (primary N) is 1. The number of rotatable bonds is 6. The van der Waals surface area contributed by atoms with E-state index in [4.69, 9.17) is 10.5 Å². The molecule has 0 aliphatic rings. The second kappa shape index (κ2) is 6.99. The van der Waals surface area contributed by atoms with E-state index in [2.05, 4.69) is 0 Å². The van der Waals surface area contributed by atoms with Crippen LogP contribution in [0.1, 0.15) is 17.3 Å². The molecule has 19 heavy (non-hydrogen) atoms. The summed E-state index contributed by atoms with van der Waals surface area (Å²) < 4.78 is 5.01. The minimum absolute atomic E-state index is 0.0171. The third kappa shape index (κ3) is 3.86. The summed E-state index contributed by atoms with van der Waals surface area (Å²) >= 11 is 0.